The van der Waals surface area contributed by atoms with Crippen molar-refractivity contribution in [2.45, 2.75) is 18.9 Å². The van der Waals surface area contributed by atoms with E-state index in [2.05, 4.69) is 10.3 Å². The molecule has 1 fully saturated rings. The van der Waals surface area contributed by atoms with Crippen molar-refractivity contribution in [1.29, 1.82) is 0 Å². The second-order valence-corrected chi connectivity index (χ2v) is 5.30. The second-order valence-electron chi connectivity index (χ2n) is 5.30. The van der Waals surface area contributed by atoms with E-state index in [1.165, 1.54) is 4.90 Å². The Bertz CT molecular complexity index is 772. The number of carbonyl (C=O) groups is 3. The van der Waals surface area contributed by atoms with E-state index in [1.54, 1.807) is 19.3 Å². The van der Waals surface area contributed by atoms with E-state index in [-0.39, 0.29) is 23.9 Å². The van der Waals surface area contributed by atoms with E-state index in [0.29, 0.717) is 6.42 Å². The highest BCUT2D eigenvalue weighted by Gasteiger charge is 2.32. The molecule has 1 aliphatic heterocycles. The standard InChI is InChI=1S/C16H15N3O3/c1-19(13-6-7-14(20)18-15(13)21)16(22)12-8-10-4-2-3-5-11(10)9-17-12/h2-5,8-9,13H,6-7H2,1H3,(H,18,20,21). The molecule has 1 aromatic carbocycles. The molecule has 0 radical (unpaired) electrons. The predicted molar refractivity (Wildman–Crippen MR) is 80.0 cm³/mol. The number of amides is 3. The Morgan fingerprint density at radius 3 is 2.73 bits per heavy atom. The van der Waals surface area contributed by atoms with Crippen LogP contribution in [0.5, 0.6) is 0 Å². The minimum absolute atomic E-state index is 0.235. The van der Waals surface area contributed by atoms with Gasteiger partial charge in [0.25, 0.3) is 5.91 Å². The lowest BCUT2D eigenvalue weighted by Gasteiger charge is -2.29. The van der Waals surface area contributed by atoms with Gasteiger partial charge in [0.1, 0.15) is 11.7 Å². The maximum Gasteiger partial charge on any atom is 0.272 e. The molecule has 0 bridgehead atoms. The molecule has 0 saturated carbocycles. The number of benzene rings is 1. The molecule has 1 saturated heterocycles. The fraction of sp³-hybridized carbons (Fsp3) is 0.250. The number of hydrogen-bond donors (Lipinski definition) is 1. The fourth-order valence-electron chi connectivity index (χ4n) is 2.57. The minimum Gasteiger partial charge on any atom is -0.328 e. The zero-order valence-corrected chi connectivity index (χ0v) is 12.1. The third-order valence-electron chi connectivity index (χ3n) is 3.85. The highest BCUT2D eigenvalue weighted by atomic mass is 16.2. The predicted octanol–water partition coefficient (Wildman–Crippen LogP) is 1.11. The van der Waals surface area contributed by atoms with Gasteiger partial charge in [0.05, 0.1) is 0 Å². The number of nitrogens with one attached hydrogen (secondary N) is 1. The zero-order chi connectivity index (χ0) is 15.7. The molecule has 1 N–H and O–H groups in total. The molecule has 3 rings (SSSR count). The van der Waals surface area contributed by atoms with Crippen molar-refractivity contribution in [2.24, 2.45) is 0 Å². The molecule has 3 amide bonds. The summed E-state index contributed by atoms with van der Waals surface area (Å²) < 4.78 is 0. The molecule has 22 heavy (non-hydrogen) atoms. The van der Waals surface area contributed by atoms with Crippen LogP contribution in [0.3, 0.4) is 0 Å². The first-order valence-electron chi connectivity index (χ1n) is 7.02. The van der Waals surface area contributed by atoms with Crippen molar-refractivity contribution >= 4 is 28.5 Å². The van der Waals surface area contributed by atoms with Gasteiger partial charge in [-0.1, -0.05) is 24.3 Å². The van der Waals surface area contributed by atoms with E-state index in [4.69, 9.17) is 0 Å². The summed E-state index contributed by atoms with van der Waals surface area (Å²) in [7, 11) is 1.55. The second kappa shape index (κ2) is 5.55. The van der Waals surface area contributed by atoms with E-state index in [0.717, 1.165) is 10.8 Å². The Morgan fingerprint density at radius 1 is 1.27 bits per heavy atom. The van der Waals surface area contributed by atoms with Crippen LogP contribution in [-0.4, -0.2) is 40.7 Å². The van der Waals surface area contributed by atoms with Crippen LogP contribution >= 0.6 is 0 Å². The minimum atomic E-state index is -0.640. The summed E-state index contributed by atoms with van der Waals surface area (Å²) >= 11 is 0. The molecule has 1 aliphatic rings. The van der Waals surface area contributed by atoms with Gasteiger partial charge < -0.3 is 4.90 Å². The summed E-state index contributed by atoms with van der Waals surface area (Å²) in [5.41, 5.74) is 0.283. The summed E-state index contributed by atoms with van der Waals surface area (Å²) in [6.07, 6.45) is 2.21. The van der Waals surface area contributed by atoms with Crippen molar-refractivity contribution in [3.63, 3.8) is 0 Å². The number of pyridine rings is 1. The Labute approximate surface area is 127 Å². The summed E-state index contributed by atoms with van der Waals surface area (Å²) in [5.74, 6) is -1.07. The van der Waals surface area contributed by atoms with Crippen molar-refractivity contribution in [1.82, 2.24) is 15.2 Å². The van der Waals surface area contributed by atoms with E-state index >= 15 is 0 Å². The number of piperidine rings is 1. The van der Waals surface area contributed by atoms with Crippen molar-refractivity contribution in [3.8, 4) is 0 Å². The number of nitrogens with zero attached hydrogens (tertiary/aromatic N) is 2. The van der Waals surface area contributed by atoms with Gasteiger partial charge in [-0.2, -0.15) is 0 Å². The number of aromatic nitrogens is 1. The van der Waals surface area contributed by atoms with Gasteiger partial charge in [0.15, 0.2) is 0 Å². The average molecular weight is 297 g/mol. The summed E-state index contributed by atoms with van der Waals surface area (Å²) in [4.78, 5) is 41.1. The molecule has 0 spiro atoms. The van der Waals surface area contributed by atoms with Gasteiger partial charge in [-0.25, -0.2) is 0 Å². The third kappa shape index (κ3) is 2.55. The molecule has 1 unspecified atom stereocenters. The first-order chi connectivity index (χ1) is 10.6. The average Bonchev–Trinajstić information content (AvgIpc) is 2.53. The number of fused-ring (bicyclic) bond motifs is 1. The van der Waals surface area contributed by atoms with Gasteiger partial charge in [0.2, 0.25) is 11.8 Å². The number of likely N-dealkylation sites (N-methyl/N-ethyl adjacent to an activating group) is 1. The number of carbonyl (C=O) groups excluding carboxylic acids is 3. The lowest BCUT2D eigenvalue weighted by atomic mass is 10.0. The van der Waals surface area contributed by atoms with Crippen LogP contribution in [0.15, 0.2) is 36.5 Å². The first-order valence-corrected chi connectivity index (χ1v) is 7.02. The lowest BCUT2D eigenvalue weighted by Crippen LogP contribution is -2.53. The maximum absolute atomic E-state index is 12.5. The van der Waals surface area contributed by atoms with Gasteiger partial charge in [-0.05, 0) is 17.9 Å². The molecule has 6 nitrogen and oxygen atoms in total. The number of hydrogen-bond acceptors (Lipinski definition) is 4. The van der Waals surface area contributed by atoms with Crippen LogP contribution in [0.25, 0.3) is 10.8 Å². The van der Waals surface area contributed by atoms with Crippen molar-refractivity contribution in [2.75, 3.05) is 7.05 Å². The van der Waals surface area contributed by atoms with Gasteiger partial charge in [-0.15, -0.1) is 0 Å². The highest BCUT2D eigenvalue weighted by Crippen LogP contribution is 2.17. The molecule has 112 valence electrons. The Kier molecular flexibility index (Phi) is 3.58. The topological polar surface area (TPSA) is 79.4 Å². The van der Waals surface area contributed by atoms with Gasteiger partial charge in [-0.3, -0.25) is 24.7 Å². The van der Waals surface area contributed by atoms with Crippen LogP contribution in [0.4, 0.5) is 0 Å². The van der Waals surface area contributed by atoms with Crippen LogP contribution in [0.1, 0.15) is 23.3 Å². The Morgan fingerprint density at radius 2 is 2.00 bits per heavy atom. The Balaban J connectivity index is 1.85. The lowest BCUT2D eigenvalue weighted by molar-refractivity contribution is -0.136. The monoisotopic (exact) mass is 297 g/mol. The largest absolute Gasteiger partial charge is 0.328 e. The molecule has 1 atom stereocenters. The third-order valence-corrected chi connectivity index (χ3v) is 3.85. The molecule has 2 aromatic rings. The summed E-state index contributed by atoms with van der Waals surface area (Å²) in [6, 6.07) is 8.68. The molecular weight excluding hydrogens is 282 g/mol. The molecule has 0 aliphatic carbocycles. The van der Waals surface area contributed by atoms with Crippen molar-refractivity contribution < 1.29 is 14.4 Å². The molecule has 1 aromatic heterocycles. The van der Waals surface area contributed by atoms with E-state index in [9.17, 15) is 14.4 Å². The molecule has 2 heterocycles. The molecular formula is C16H15N3O3. The van der Waals surface area contributed by atoms with Gasteiger partial charge >= 0.3 is 0 Å². The highest BCUT2D eigenvalue weighted by molar-refractivity contribution is 6.04. The van der Waals surface area contributed by atoms with E-state index < -0.39 is 11.9 Å². The van der Waals surface area contributed by atoms with Crippen molar-refractivity contribution in [3.05, 3.63) is 42.2 Å². The smallest absolute Gasteiger partial charge is 0.272 e. The normalized spacial score (nSPS) is 18.1. The molecule has 6 heteroatoms. The number of imide groups is 1. The maximum atomic E-state index is 12.5. The summed E-state index contributed by atoms with van der Waals surface area (Å²) in [5, 5.41) is 4.12. The fourth-order valence-corrected chi connectivity index (χ4v) is 2.57. The Hall–Kier alpha value is -2.76. The zero-order valence-electron chi connectivity index (χ0n) is 12.1. The van der Waals surface area contributed by atoms with Crippen LogP contribution in [-0.2, 0) is 9.59 Å². The van der Waals surface area contributed by atoms with Gasteiger partial charge in [0, 0.05) is 25.1 Å². The van der Waals surface area contributed by atoms with E-state index in [1.807, 2.05) is 24.3 Å². The SMILES string of the molecule is CN(C(=O)c1cc2ccccc2cn1)C1CCC(=O)NC1=O. The van der Waals surface area contributed by atoms with Crippen LogP contribution in [0.2, 0.25) is 0 Å². The quantitative estimate of drug-likeness (QED) is 0.842. The first kappa shape index (κ1) is 14.2. The number of rotatable bonds is 2. The van der Waals surface area contributed by atoms with Crippen LogP contribution < -0.4 is 5.32 Å². The van der Waals surface area contributed by atoms with Crippen LogP contribution in [0, 0.1) is 0 Å². The summed E-state index contributed by atoms with van der Waals surface area (Å²) in [6.45, 7) is 0.